The number of hydrogen-bond acceptors (Lipinski definition) is 5. The van der Waals surface area contributed by atoms with Crippen LogP contribution in [0.5, 0.6) is 0 Å². The summed E-state index contributed by atoms with van der Waals surface area (Å²) in [6.07, 6.45) is -12.0. The van der Waals surface area contributed by atoms with Crippen LogP contribution in [0.15, 0.2) is 0 Å². The molecule has 2 saturated heterocycles. The van der Waals surface area contributed by atoms with E-state index in [4.69, 9.17) is 0 Å². The molecule has 0 aromatic heterocycles. The van der Waals surface area contributed by atoms with E-state index in [1.807, 2.05) is 0 Å². The Morgan fingerprint density at radius 3 is 2.07 bits per heavy atom. The minimum atomic E-state index is -3.50. The lowest BCUT2D eigenvalue weighted by molar-refractivity contribution is -0.278. The Kier molecular flexibility index (Phi) is 2.23. The highest BCUT2D eigenvalue weighted by molar-refractivity contribution is 5.62. The van der Waals surface area contributed by atoms with Crippen molar-refractivity contribution in [3.8, 4) is 0 Å². The second kappa shape index (κ2) is 3.20. The molecule has 2 rings (SSSR count). The average Bonchev–Trinajstić information content (AvgIpc) is 2.58. The molecular weight excluding hydrogens is 228 g/mol. The molecule has 0 saturated carbocycles. The van der Waals surface area contributed by atoms with Crippen LogP contribution in [0.1, 0.15) is 0 Å². The van der Waals surface area contributed by atoms with E-state index in [2.05, 4.69) is 18.9 Å². The molecule has 0 radical (unpaired) electrons. The molecule has 4 atom stereocenters. The quantitative estimate of drug-likeness (QED) is 0.500. The summed E-state index contributed by atoms with van der Waals surface area (Å²) in [7, 11) is 0. The third kappa shape index (κ3) is 1.51. The Labute approximate surface area is 79.8 Å². The van der Waals surface area contributed by atoms with Gasteiger partial charge in [-0.3, -0.25) is 0 Å². The zero-order valence-electron chi connectivity index (χ0n) is 6.86. The minimum Gasteiger partial charge on any atom is -0.392 e. The predicted molar refractivity (Wildman–Crippen MR) is 32.1 cm³/mol. The number of cyclic esters (lactones) is 2. The van der Waals surface area contributed by atoms with Crippen molar-refractivity contribution in [2.45, 2.75) is 31.2 Å². The van der Waals surface area contributed by atoms with E-state index in [0.29, 0.717) is 0 Å². The maximum Gasteiger partial charge on any atom is 0.514 e. The van der Waals surface area contributed by atoms with Crippen LogP contribution >= 0.6 is 0 Å². The number of alkyl halides is 4. The van der Waals surface area contributed by atoms with E-state index in [1.54, 1.807) is 0 Å². The number of ether oxygens (including phenoxy) is 4. The van der Waals surface area contributed by atoms with Crippen LogP contribution in [0.25, 0.3) is 0 Å². The van der Waals surface area contributed by atoms with Crippen molar-refractivity contribution in [3.63, 3.8) is 0 Å². The number of rotatable bonds is 1. The summed E-state index contributed by atoms with van der Waals surface area (Å²) in [5.74, 6) is -3.50. The molecule has 2 aliphatic rings. The molecule has 0 aromatic rings. The van der Waals surface area contributed by atoms with Gasteiger partial charge >= 0.3 is 18.4 Å². The van der Waals surface area contributed by atoms with Gasteiger partial charge in [0.05, 0.1) is 0 Å². The van der Waals surface area contributed by atoms with E-state index < -0.39 is 37.4 Å². The smallest absolute Gasteiger partial charge is 0.392 e. The van der Waals surface area contributed by atoms with Crippen molar-refractivity contribution < 1.29 is 41.3 Å². The fourth-order valence-electron chi connectivity index (χ4n) is 1.10. The molecule has 0 amide bonds. The molecule has 9 heteroatoms. The minimum absolute atomic E-state index is 1.66. The normalized spacial score (nSPS) is 50.3. The van der Waals surface area contributed by atoms with Gasteiger partial charge in [0.2, 0.25) is 6.29 Å². The first-order valence-corrected chi connectivity index (χ1v) is 3.75. The Bertz CT molecular complexity index is 279. The van der Waals surface area contributed by atoms with Crippen molar-refractivity contribution in [1.29, 1.82) is 0 Å². The maximum absolute atomic E-state index is 13.5. The van der Waals surface area contributed by atoms with Crippen LogP contribution in [-0.2, 0) is 18.9 Å². The van der Waals surface area contributed by atoms with Crippen LogP contribution in [0.3, 0.4) is 0 Å². The van der Waals surface area contributed by atoms with Crippen molar-refractivity contribution in [3.05, 3.63) is 0 Å². The molecule has 0 N–H and O–H groups in total. The third-order valence-corrected chi connectivity index (χ3v) is 1.78. The first-order valence-electron chi connectivity index (χ1n) is 3.75. The molecule has 4 unspecified atom stereocenters. The Morgan fingerprint density at radius 1 is 1.13 bits per heavy atom. The van der Waals surface area contributed by atoms with E-state index in [-0.39, 0.29) is 0 Å². The summed E-state index contributed by atoms with van der Waals surface area (Å²) < 4.78 is 66.4. The fourth-order valence-corrected chi connectivity index (χ4v) is 1.10. The highest BCUT2D eigenvalue weighted by atomic mass is 19.2. The van der Waals surface area contributed by atoms with Crippen LogP contribution in [0.2, 0.25) is 0 Å². The van der Waals surface area contributed by atoms with Crippen LogP contribution in [0, 0.1) is 0 Å². The average molecular weight is 232 g/mol. The van der Waals surface area contributed by atoms with Gasteiger partial charge in [-0.25, -0.2) is 13.6 Å². The van der Waals surface area contributed by atoms with Gasteiger partial charge in [-0.05, 0) is 0 Å². The highest BCUT2D eigenvalue weighted by Gasteiger charge is 2.64. The fraction of sp³-hybridized carbons (Fsp3) is 0.833. The molecule has 0 spiro atoms. The van der Waals surface area contributed by atoms with E-state index >= 15 is 0 Å². The monoisotopic (exact) mass is 232 g/mol. The van der Waals surface area contributed by atoms with Crippen molar-refractivity contribution in [1.82, 2.24) is 0 Å². The molecule has 2 aliphatic heterocycles. The SMILES string of the molecule is O=C1OC(F)C(F)(C2OC(F)C(F)O2)O1. The molecule has 2 heterocycles. The van der Waals surface area contributed by atoms with E-state index in [1.165, 1.54) is 0 Å². The summed E-state index contributed by atoms with van der Waals surface area (Å²) in [6.45, 7) is 0. The van der Waals surface area contributed by atoms with Gasteiger partial charge in [-0.1, -0.05) is 0 Å². The zero-order chi connectivity index (χ0) is 11.2. The second-order valence-corrected chi connectivity index (χ2v) is 2.79. The Balaban J connectivity index is 2.13. The van der Waals surface area contributed by atoms with Gasteiger partial charge < -0.3 is 18.9 Å². The topological polar surface area (TPSA) is 54.0 Å². The van der Waals surface area contributed by atoms with Crippen LogP contribution in [0.4, 0.5) is 22.4 Å². The molecule has 0 aliphatic carbocycles. The first-order chi connectivity index (χ1) is 6.93. The summed E-state index contributed by atoms with van der Waals surface area (Å²) in [6, 6.07) is 0. The molecule has 0 bridgehead atoms. The largest absolute Gasteiger partial charge is 0.514 e. The Morgan fingerprint density at radius 2 is 1.67 bits per heavy atom. The van der Waals surface area contributed by atoms with Gasteiger partial charge in [-0.15, -0.1) is 0 Å². The third-order valence-electron chi connectivity index (χ3n) is 1.78. The number of hydrogen-bond donors (Lipinski definition) is 0. The maximum atomic E-state index is 13.5. The predicted octanol–water partition coefficient (Wildman–Crippen LogP) is 1.08. The van der Waals surface area contributed by atoms with E-state index in [9.17, 15) is 22.4 Å². The molecular formula is C6H4F4O5. The van der Waals surface area contributed by atoms with Crippen molar-refractivity contribution >= 4 is 6.16 Å². The molecule has 5 nitrogen and oxygen atoms in total. The molecule has 0 aromatic carbocycles. The summed E-state index contributed by atoms with van der Waals surface area (Å²) in [4.78, 5) is 10.4. The number of halogens is 4. The molecule has 15 heavy (non-hydrogen) atoms. The van der Waals surface area contributed by atoms with Crippen LogP contribution < -0.4 is 0 Å². The number of carbonyl (C=O) groups excluding carboxylic acids is 1. The van der Waals surface area contributed by atoms with Crippen molar-refractivity contribution in [2.24, 2.45) is 0 Å². The second-order valence-electron chi connectivity index (χ2n) is 2.79. The van der Waals surface area contributed by atoms with Crippen LogP contribution in [-0.4, -0.2) is 37.4 Å². The molecule has 2 fully saturated rings. The van der Waals surface area contributed by atoms with Gasteiger partial charge in [0.1, 0.15) is 0 Å². The lowest BCUT2D eigenvalue weighted by Crippen LogP contribution is -2.45. The van der Waals surface area contributed by atoms with Gasteiger partial charge in [0.25, 0.3) is 12.7 Å². The summed E-state index contributed by atoms with van der Waals surface area (Å²) >= 11 is 0. The van der Waals surface area contributed by atoms with Gasteiger partial charge in [0, 0.05) is 0 Å². The summed E-state index contributed by atoms with van der Waals surface area (Å²) in [5.41, 5.74) is 0. The lowest BCUT2D eigenvalue weighted by atomic mass is 10.3. The summed E-state index contributed by atoms with van der Waals surface area (Å²) in [5, 5.41) is 0. The zero-order valence-corrected chi connectivity index (χ0v) is 6.86. The van der Waals surface area contributed by atoms with Gasteiger partial charge in [0.15, 0.2) is 0 Å². The van der Waals surface area contributed by atoms with E-state index in [0.717, 1.165) is 0 Å². The molecule has 86 valence electrons. The van der Waals surface area contributed by atoms with Crippen molar-refractivity contribution in [2.75, 3.05) is 0 Å². The first kappa shape index (κ1) is 10.4. The van der Waals surface area contributed by atoms with Gasteiger partial charge in [-0.2, -0.15) is 8.78 Å². The standard InChI is InChI=1S/C6H4F4O5/c7-1-2(8)13-4(12-1)6(10)3(9)14-5(11)15-6/h1-4H. The number of carbonyl (C=O) groups is 1. The highest BCUT2D eigenvalue weighted by Crippen LogP contribution is 2.39. The lowest BCUT2D eigenvalue weighted by Gasteiger charge is -2.21. The Hall–Kier alpha value is -1.09.